The Kier molecular flexibility index (Phi) is 8.32. The van der Waals surface area contributed by atoms with Crippen LogP contribution < -0.4 is 25.3 Å². The van der Waals surface area contributed by atoms with Crippen LogP contribution in [0.5, 0.6) is 17.2 Å². The first-order valence-electron chi connectivity index (χ1n) is 11.1. The van der Waals surface area contributed by atoms with E-state index in [0.717, 1.165) is 0 Å². The quantitative estimate of drug-likeness (QED) is 0.322. The number of hydrogen-bond donors (Lipinski definition) is 4. The fourth-order valence-corrected chi connectivity index (χ4v) is 3.63. The number of benzene rings is 2. The van der Waals surface area contributed by atoms with Gasteiger partial charge >= 0.3 is 5.97 Å². The Labute approximate surface area is 202 Å². The molecule has 0 bridgehead atoms. The molecule has 0 saturated heterocycles. The summed E-state index contributed by atoms with van der Waals surface area (Å²) in [5.41, 5.74) is 7.42. The Balaban J connectivity index is 1.77. The number of amides is 1. The zero-order valence-electron chi connectivity index (χ0n) is 19.8. The van der Waals surface area contributed by atoms with Crippen LogP contribution >= 0.6 is 0 Å². The van der Waals surface area contributed by atoms with Gasteiger partial charge in [0.2, 0.25) is 0 Å². The summed E-state index contributed by atoms with van der Waals surface area (Å²) in [4.78, 5) is 28.8. The molecule has 0 saturated carbocycles. The maximum Gasteiger partial charge on any atom is 0.339 e. The number of ether oxygens (including phenoxy) is 3. The van der Waals surface area contributed by atoms with Crippen LogP contribution in [-0.2, 0) is 0 Å². The van der Waals surface area contributed by atoms with Crippen molar-refractivity contribution in [3.63, 3.8) is 0 Å². The summed E-state index contributed by atoms with van der Waals surface area (Å²) in [5, 5.41) is 21.8. The number of carboxylic acid groups (broad SMARTS) is 1. The van der Waals surface area contributed by atoms with Gasteiger partial charge in [0.25, 0.3) is 5.91 Å². The molecule has 0 radical (unpaired) electrons. The first-order valence-corrected chi connectivity index (χ1v) is 11.1. The smallest absolute Gasteiger partial charge is 0.339 e. The number of anilines is 1. The largest absolute Gasteiger partial charge is 0.493 e. The lowest BCUT2D eigenvalue weighted by Crippen LogP contribution is -2.38. The molecule has 3 aromatic rings. The molecule has 0 fully saturated rings. The number of methoxy groups -OCH3 is 1. The molecule has 1 atom stereocenters. The lowest BCUT2D eigenvalue weighted by atomic mass is 10.1. The summed E-state index contributed by atoms with van der Waals surface area (Å²) in [6.07, 6.45) is 0.582. The fourth-order valence-electron chi connectivity index (χ4n) is 3.63. The molecular weight excluding hydrogens is 454 g/mol. The number of aromatic nitrogens is 1. The zero-order valence-corrected chi connectivity index (χ0v) is 19.8. The number of fused-ring (bicyclic) bond motifs is 1. The highest BCUT2D eigenvalue weighted by molar-refractivity contribution is 6.06. The van der Waals surface area contributed by atoms with Gasteiger partial charge in [-0.2, -0.15) is 0 Å². The minimum absolute atomic E-state index is 0.0609. The SMILES string of the molecule is CC[C@@H](COc1cccc2nc(C)c(C(=O)O)c(N)c12)NC(=O)c1ccc(OCCO)c(OC)c1. The molecule has 1 aromatic heterocycles. The summed E-state index contributed by atoms with van der Waals surface area (Å²) in [7, 11) is 1.47. The number of aryl methyl sites for hydroxylation is 1. The normalized spacial score (nSPS) is 11.7. The van der Waals surface area contributed by atoms with Gasteiger partial charge < -0.3 is 35.5 Å². The Morgan fingerprint density at radius 1 is 1.14 bits per heavy atom. The van der Waals surface area contributed by atoms with Crippen molar-refractivity contribution in [3.8, 4) is 17.2 Å². The summed E-state index contributed by atoms with van der Waals surface area (Å²) in [5.74, 6) is -0.304. The van der Waals surface area contributed by atoms with E-state index in [0.29, 0.717) is 45.8 Å². The van der Waals surface area contributed by atoms with Crippen LogP contribution in [-0.4, -0.2) is 60.0 Å². The highest BCUT2D eigenvalue weighted by atomic mass is 16.5. The lowest BCUT2D eigenvalue weighted by Gasteiger charge is -2.20. The number of nitrogens with two attached hydrogens (primary N) is 1. The van der Waals surface area contributed by atoms with Crippen LogP contribution in [0.1, 0.15) is 39.8 Å². The molecule has 0 aliphatic heterocycles. The third-order valence-corrected chi connectivity index (χ3v) is 5.45. The highest BCUT2D eigenvalue weighted by Crippen LogP contribution is 2.33. The van der Waals surface area contributed by atoms with Gasteiger partial charge in [0, 0.05) is 5.56 Å². The van der Waals surface area contributed by atoms with Crippen molar-refractivity contribution in [2.24, 2.45) is 0 Å². The van der Waals surface area contributed by atoms with Gasteiger partial charge in [-0.05, 0) is 43.7 Å². The van der Waals surface area contributed by atoms with Gasteiger partial charge in [0.05, 0.1) is 42.0 Å². The van der Waals surface area contributed by atoms with Gasteiger partial charge in [0.15, 0.2) is 11.5 Å². The molecule has 5 N–H and O–H groups in total. The first-order chi connectivity index (χ1) is 16.8. The molecule has 1 amide bonds. The summed E-state index contributed by atoms with van der Waals surface area (Å²) in [6, 6.07) is 9.59. The standard InChI is InChI=1S/C25H29N3O7/c1-4-16(28-24(30)15-8-9-18(34-11-10-29)20(12-15)33-3)13-35-19-7-5-6-17-22(19)23(26)21(25(31)32)14(2)27-17/h5-9,12,16,29H,4,10-11,13H2,1-3H3,(H2,26,27)(H,28,30)(H,31,32)/t16-/m0/s1. The van der Waals surface area contributed by atoms with E-state index in [1.807, 2.05) is 6.92 Å². The number of hydrogen-bond acceptors (Lipinski definition) is 8. The monoisotopic (exact) mass is 483 g/mol. The average molecular weight is 484 g/mol. The zero-order chi connectivity index (χ0) is 25.5. The van der Waals surface area contributed by atoms with Crippen LogP contribution in [0.25, 0.3) is 10.9 Å². The number of carbonyl (C=O) groups is 2. The molecule has 35 heavy (non-hydrogen) atoms. The van der Waals surface area contributed by atoms with Crippen molar-refractivity contribution in [1.29, 1.82) is 0 Å². The number of aromatic carboxylic acids is 1. The number of carbonyl (C=O) groups excluding carboxylic acids is 1. The van der Waals surface area contributed by atoms with Gasteiger partial charge in [-0.1, -0.05) is 13.0 Å². The molecule has 0 aliphatic rings. The first kappa shape index (κ1) is 25.6. The van der Waals surface area contributed by atoms with Crippen molar-refractivity contribution in [1.82, 2.24) is 10.3 Å². The molecule has 0 spiro atoms. The number of rotatable bonds is 11. The molecule has 3 rings (SSSR count). The van der Waals surface area contributed by atoms with Crippen molar-refractivity contribution in [2.75, 3.05) is 32.7 Å². The van der Waals surface area contributed by atoms with Crippen LogP contribution in [0.2, 0.25) is 0 Å². The molecule has 2 aromatic carbocycles. The predicted octanol–water partition coefficient (Wildman–Crippen LogP) is 2.79. The molecule has 10 nitrogen and oxygen atoms in total. The summed E-state index contributed by atoms with van der Waals surface area (Å²) >= 11 is 0. The second-order valence-corrected chi connectivity index (χ2v) is 7.77. The third kappa shape index (κ3) is 5.72. The maximum absolute atomic E-state index is 12.8. The highest BCUT2D eigenvalue weighted by Gasteiger charge is 2.20. The van der Waals surface area contributed by atoms with E-state index >= 15 is 0 Å². The van der Waals surface area contributed by atoms with Crippen molar-refractivity contribution in [3.05, 3.63) is 53.2 Å². The fraction of sp³-hybridized carbons (Fsp3) is 0.320. The van der Waals surface area contributed by atoms with E-state index in [2.05, 4.69) is 10.3 Å². The van der Waals surface area contributed by atoms with E-state index in [-0.39, 0.29) is 43.0 Å². The molecule has 0 unspecified atom stereocenters. The number of aliphatic hydroxyl groups excluding tert-OH is 1. The van der Waals surface area contributed by atoms with Crippen LogP contribution in [0.4, 0.5) is 5.69 Å². The van der Waals surface area contributed by atoms with Crippen LogP contribution in [0.3, 0.4) is 0 Å². The predicted molar refractivity (Wildman–Crippen MR) is 130 cm³/mol. The Morgan fingerprint density at radius 2 is 1.91 bits per heavy atom. The molecular formula is C25H29N3O7. The number of carboxylic acids is 1. The molecule has 1 heterocycles. The molecule has 186 valence electrons. The molecule has 0 aliphatic carbocycles. The van der Waals surface area contributed by atoms with Crippen molar-refractivity contribution >= 4 is 28.5 Å². The second-order valence-electron chi connectivity index (χ2n) is 7.77. The van der Waals surface area contributed by atoms with E-state index in [1.165, 1.54) is 7.11 Å². The van der Waals surface area contributed by atoms with E-state index in [9.17, 15) is 14.7 Å². The van der Waals surface area contributed by atoms with Crippen molar-refractivity contribution in [2.45, 2.75) is 26.3 Å². The number of nitrogens with zero attached hydrogens (tertiary/aromatic N) is 1. The van der Waals surface area contributed by atoms with Crippen LogP contribution in [0.15, 0.2) is 36.4 Å². The van der Waals surface area contributed by atoms with Gasteiger partial charge in [-0.3, -0.25) is 9.78 Å². The summed E-state index contributed by atoms with van der Waals surface area (Å²) < 4.78 is 16.7. The lowest BCUT2D eigenvalue weighted by molar-refractivity contribution is 0.0696. The van der Waals surface area contributed by atoms with Gasteiger partial charge in [-0.15, -0.1) is 0 Å². The number of pyridine rings is 1. The Bertz CT molecular complexity index is 1230. The third-order valence-electron chi connectivity index (χ3n) is 5.45. The van der Waals surface area contributed by atoms with Crippen LogP contribution in [0, 0.1) is 6.92 Å². The minimum Gasteiger partial charge on any atom is -0.493 e. The van der Waals surface area contributed by atoms with E-state index < -0.39 is 5.97 Å². The number of nitrogen functional groups attached to an aromatic ring is 1. The number of nitrogens with one attached hydrogen (secondary N) is 1. The minimum atomic E-state index is -1.16. The number of aliphatic hydroxyl groups is 1. The van der Waals surface area contributed by atoms with Gasteiger partial charge in [-0.25, -0.2) is 4.79 Å². The van der Waals surface area contributed by atoms with E-state index in [4.69, 9.17) is 25.1 Å². The second kappa shape index (κ2) is 11.4. The summed E-state index contributed by atoms with van der Waals surface area (Å²) in [6.45, 7) is 3.60. The van der Waals surface area contributed by atoms with Gasteiger partial charge in [0.1, 0.15) is 24.5 Å². The molecule has 10 heteroatoms. The Morgan fingerprint density at radius 3 is 2.57 bits per heavy atom. The van der Waals surface area contributed by atoms with E-state index in [1.54, 1.807) is 43.3 Å². The Hall–Kier alpha value is -4.05. The van der Waals surface area contributed by atoms with Crippen molar-refractivity contribution < 1.29 is 34.0 Å². The average Bonchev–Trinajstić information content (AvgIpc) is 2.84. The topological polar surface area (TPSA) is 153 Å². The maximum atomic E-state index is 12.8.